The van der Waals surface area contributed by atoms with Crippen LogP contribution in [0.2, 0.25) is 0 Å². The van der Waals surface area contributed by atoms with E-state index in [0.717, 1.165) is 26.9 Å². The van der Waals surface area contributed by atoms with Gasteiger partial charge in [0.15, 0.2) is 5.13 Å². The average molecular weight is 594 g/mol. The monoisotopic (exact) mass is 593 g/mol. The predicted octanol–water partition coefficient (Wildman–Crippen LogP) is 4.62. The number of anilines is 1. The molecule has 0 N–H and O–H groups in total. The largest absolute Gasteiger partial charge is 0.450 e. The summed E-state index contributed by atoms with van der Waals surface area (Å²) in [6.45, 7) is 7.11. The molecule has 41 heavy (non-hydrogen) atoms. The molecule has 214 valence electrons. The summed E-state index contributed by atoms with van der Waals surface area (Å²) in [5.74, 6) is -0.297. The molecule has 0 atom stereocenters. The van der Waals surface area contributed by atoms with Gasteiger partial charge in [0.1, 0.15) is 0 Å². The third-order valence-corrected chi connectivity index (χ3v) is 9.80. The summed E-state index contributed by atoms with van der Waals surface area (Å²) >= 11 is 1.44. The molecule has 0 bridgehead atoms. The number of hydrogen-bond acceptors (Lipinski definition) is 8. The van der Waals surface area contributed by atoms with Crippen LogP contribution in [0.3, 0.4) is 0 Å². The van der Waals surface area contributed by atoms with Gasteiger partial charge in [0.2, 0.25) is 10.0 Å². The lowest BCUT2D eigenvalue weighted by molar-refractivity contribution is 0.0933. The number of ether oxygens (including phenoxy) is 1. The predicted molar refractivity (Wildman–Crippen MR) is 158 cm³/mol. The van der Waals surface area contributed by atoms with E-state index in [1.165, 1.54) is 44.8 Å². The minimum Gasteiger partial charge on any atom is -0.450 e. The van der Waals surface area contributed by atoms with Crippen LogP contribution in [0.5, 0.6) is 0 Å². The fourth-order valence-corrected chi connectivity index (χ4v) is 7.34. The summed E-state index contributed by atoms with van der Waals surface area (Å²) in [5, 5.41) is 0.554. The number of thiazole rings is 1. The summed E-state index contributed by atoms with van der Waals surface area (Å²) in [6.07, 6.45) is 2.94. The van der Waals surface area contributed by atoms with Gasteiger partial charge in [0, 0.05) is 44.1 Å². The number of carbonyl (C=O) groups is 2. The second kappa shape index (κ2) is 11.9. The van der Waals surface area contributed by atoms with Crippen LogP contribution in [-0.2, 0) is 21.3 Å². The number of aryl methyl sites for hydroxylation is 2. The number of rotatable bonds is 7. The van der Waals surface area contributed by atoms with E-state index in [4.69, 9.17) is 9.72 Å². The highest BCUT2D eigenvalue weighted by atomic mass is 32.2. The van der Waals surface area contributed by atoms with Gasteiger partial charge in [-0.2, -0.15) is 4.31 Å². The van der Waals surface area contributed by atoms with E-state index >= 15 is 0 Å². The Morgan fingerprint density at radius 3 is 2.44 bits per heavy atom. The molecule has 4 aromatic rings. The highest BCUT2D eigenvalue weighted by Gasteiger charge is 2.31. The molecule has 2 amide bonds. The Bertz CT molecular complexity index is 1670. The van der Waals surface area contributed by atoms with Crippen LogP contribution < -0.4 is 4.90 Å². The average Bonchev–Trinajstić information content (AvgIpc) is 3.40. The van der Waals surface area contributed by atoms with Gasteiger partial charge in [0.05, 0.1) is 28.3 Å². The first-order valence-corrected chi connectivity index (χ1v) is 15.5. The maximum absolute atomic E-state index is 13.9. The van der Waals surface area contributed by atoms with Crippen LogP contribution in [0.4, 0.5) is 9.93 Å². The van der Waals surface area contributed by atoms with Crippen LogP contribution >= 0.6 is 11.3 Å². The van der Waals surface area contributed by atoms with Gasteiger partial charge >= 0.3 is 6.09 Å². The second-order valence-corrected chi connectivity index (χ2v) is 12.7. The van der Waals surface area contributed by atoms with Gasteiger partial charge < -0.3 is 9.64 Å². The van der Waals surface area contributed by atoms with E-state index in [2.05, 4.69) is 17.1 Å². The number of pyridine rings is 1. The molecule has 2 aromatic carbocycles. The first kappa shape index (κ1) is 28.7. The lowest BCUT2D eigenvalue weighted by Gasteiger charge is -2.33. The van der Waals surface area contributed by atoms with E-state index in [-0.39, 0.29) is 50.1 Å². The van der Waals surface area contributed by atoms with Crippen LogP contribution in [0, 0.1) is 13.8 Å². The molecule has 0 saturated carbocycles. The quantitative estimate of drug-likeness (QED) is 0.307. The topological polar surface area (TPSA) is 113 Å². The van der Waals surface area contributed by atoms with Crippen LogP contribution in [0.15, 0.2) is 65.8 Å². The van der Waals surface area contributed by atoms with Crippen molar-refractivity contribution in [3.05, 3.63) is 83.2 Å². The summed E-state index contributed by atoms with van der Waals surface area (Å²) < 4.78 is 34.0. The molecular formula is C29H31N5O5S2. The Morgan fingerprint density at radius 1 is 1.05 bits per heavy atom. The van der Waals surface area contributed by atoms with Crippen molar-refractivity contribution in [2.24, 2.45) is 0 Å². The normalized spacial score (nSPS) is 14.3. The van der Waals surface area contributed by atoms with Crippen molar-refractivity contribution < 1.29 is 22.7 Å². The number of amides is 2. The Hall–Kier alpha value is -3.87. The number of nitrogens with zero attached hydrogens (tertiary/aromatic N) is 5. The van der Waals surface area contributed by atoms with Gasteiger partial charge in [-0.15, -0.1) is 0 Å². The number of fused-ring (bicyclic) bond motifs is 1. The summed E-state index contributed by atoms with van der Waals surface area (Å²) in [4.78, 5) is 38.0. The zero-order valence-electron chi connectivity index (χ0n) is 23.1. The molecule has 10 nitrogen and oxygen atoms in total. The minimum atomic E-state index is -3.80. The van der Waals surface area contributed by atoms with Crippen molar-refractivity contribution in [3.8, 4) is 0 Å². The summed E-state index contributed by atoms with van der Waals surface area (Å²) in [6, 6.07) is 13.8. The van der Waals surface area contributed by atoms with E-state index in [0.29, 0.717) is 10.7 Å². The number of sulfonamides is 1. The van der Waals surface area contributed by atoms with Crippen molar-refractivity contribution in [3.63, 3.8) is 0 Å². The van der Waals surface area contributed by atoms with Gasteiger partial charge in [-0.05, 0) is 73.9 Å². The van der Waals surface area contributed by atoms with Crippen LogP contribution in [0.1, 0.15) is 34.0 Å². The summed E-state index contributed by atoms with van der Waals surface area (Å²) in [5.41, 5.74) is 4.19. The third-order valence-electron chi connectivity index (χ3n) is 6.86. The molecule has 3 heterocycles. The highest BCUT2D eigenvalue weighted by Crippen LogP contribution is 2.33. The first-order valence-electron chi connectivity index (χ1n) is 13.3. The van der Waals surface area contributed by atoms with Crippen LogP contribution in [0.25, 0.3) is 10.2 Å². The van der Waals surface area contributed by atoms with Crippen molar-refractivity contribution in [2.75, 3.05) is 37.7 Å². The van der Waals surface area contributed by atoms with Crippen molar-refractivity contribution in [1.29, 1.82) is 0 Å². The number of aromatic nitrogens is 2. The maximum Gasteiger partial charge on any atom is 0.409 e. The molecule has 5 rings (SSSR count). The molecular weight excluding hydrogens is 562 g/mol. The molecule has 0 spiro atoms. The molecule has 2 aromatic heterocycles. The molecule has 1 aliphatic heterocycles. The molecule has 1 saturated heterocycles. The first-order chi connectivity index (χ1) is 19.7. The van der Waals surface area contributed by atoms with Gasteiger partial charge in [-0.1, -0.05) is 23.5 Å². The van der Waals surface area contributed by atoms with E-state index in [1.807, 2.05) is 26.0 Å². The van der Waals surface area contributed by atoms with E-state index < -0.39 is 16.1 Å². The number of benzene rings is 2. The van der Waals surface area contributed by atoms with Crippen molar-refractivity contribution in [1.82, 2.24) is 19.2 Å². The van der Waals surface area contributed by atoms with Gasteiger partial charge in [0.25, 0.3) is 5.91 Å². The van der Waals surface area contributed by atoms with Crippen molar-refractivity contribution >= 4 is 48.7 Å². The van der Waals surface area contributed by atoms with Gasteiger partial charge in [-0.3, -0.25) is 14.7 Å². The smallest absolute Gasteiger partial charge is 0.409 e. The Morgan fingerprint density at radius 2 is 1.78 bits per heavy atom. The third kappa shape index (κ3) is 6.09. The zero-order valence-corrected chi connectivity index (χ0v) is 24.7. The van der Waals surface area contributed by atoms with Crippen LogP contribution in [-0.4, -0.2) is 72.4 Å². The van der Waals surface area contributed by atoms with E-state index in [9.17, 15) is 18.0 Å². The zero-order chi connectivity index (χ0) is 29.1. The van der Waals surface area contributed by atoms with E-state index in [1.54, 1.807) is 24.2 Å². The van der Waals surface area contributed by atoms with Crippen molar-refractivity contribution in [2.45, 2.75) is 32.2 Å². The fraction of sp³-hybridized carbons (Fsp3) is 0.310. The Balaban J connectivity index is 1.39. The highest BCUT2D eigenvalue weighted by molar-refractivity contribution is 7.89. The number of piperazine rings is 1. The second-order valence-electron chi connectivity index (χ2n) is 9.79. The Labute approximate surface area is 243 Å². The maximum atomic E-state index is 13.9. The molecule has 1 aliphatic rings. The molecule has 0 unspecified atom stereocenters. The summed E-state index contributed by atoms with van der Waals surface area (Å²) in [7, 11) is -3.80. The number of hydrogen-bond donors (Lipinski definition) is 0. The fourth-order valence-electron chi connectivity index (χ4n) is 4.78. The minimum absolute atomic E-state index is 0.0866. The number of carbonyl (C=O) groups excluding carboxylic acids is 2. The molecule has 0 radical (unpaired) electrons. The molecule has 12 heteroatoms. The Kier molecular flexibility index (Phi) is 8.34. The molecule has 1 fully saturated rings. The van der Waals surface area contributed by atoms with Gasteiger partial charge in [-0.25, -0.2) is 18.2 Å². The lowest BCUT2D eigenvalue weighted by Crippen LogP contribution is -2.50. The molecule has 0 aliphatic carbocycles. The SMILES string of the molecule is CCOC(=O)N1CCN(S(=O)(=O)c2ccc(C(=O)N(Cc3cccnc3)c3nc4c(C)cc(C)cc4s3)cc2)CC1. The standard InChI is InChI=1S/C29H31N5O5S2/c1-4-39-29(36)32-12-14-33(15-13-32)41(37,38)24-9-7-23(8-10-24)27(35)34(19-22-6-5-11-30-18-22)28-31-26-21(3)16-20(2)17-25(26)40-28/h5-11,16-18H,4,12-15,19H2,1-3H3. The lowest BCUT2D eigenvalue weighted by atomic mass is 10.1.